The lowest BCUT2D eigenvalue weighted by Gasteiger charge is -2.26. The molecule has 0 aliphatic heterocycles. The molecular formula is C21H27NO. The molecule has 2 rings (SSSR count). The minimum atomic E-state index is 0.131. The zero-order valence-corrected chi connectivity index (χ0v) is 14.6. The lowest BCUT2D eigenvalue weighted by atomic mass is 10.0. The summed E-state index contributed by atoms with van der Waals surface area (Å²) < 4.78 is 0. The predicted octanol–water partition coefficient (Wildman–Crippen LogP) is 5.11. The Balaban J connectivity index is 2.17. The van der Waals surface area contributed by atoms with Gasteiger partial charge in [0.1, 0.15) is 0 Å². The van der Waals surface area contributed by atoms with Gasteiger partial charge in [0.2, 0.25) is 0 Å². The third kappa shape index (κ3) is 4.95. The second-order valence-corrected chi connectivity index (χ2v) is 6.94. The molecule has 0 atom stereocenters. The van der Waals surface area contributed by atoms with Crippen LogP contribution in [0.15, 0.2) is 54.6 Å². The topological polar surface area (TPSA) is 20.3 Å². The van der Waals surface area contributed by atoms with Crippen molar-refractivity contribution in [2.45, 2.75) is 27.7 Å². The highest BCUT2D eigenvalue weighted by Crippen LogP contribution is 2.20. The Hall–Kier alpha value is -2.09. The fourth-order valence-corrected chi connectivity index (χ4v) is 2.74. The van der Waals surface area contributed by atoms with Crippen LogP contribution in [0.1, 0.15) is 38.1 Å². The summed E-state index contributed by atoms with van der Waals surface area (Å²) in [5.74, 6) is 1.08. The second kappa shape index (κ2) is 7.96. The van der Waals surface area contributed by atoms with Gasteiger partial charge >= 0.3 is 0 Å². The highest BCUT2D eigenvalue weighted by Gasteiger charge is 2.18. The Kier molecular flexibility index (Phi) is 5.97. The number of rotatable bonds is 6. The molecule has 0 N–H and O–H groups in total. The van der Waals surface area contributed by atoms with E-state index in [-0.39, 0.29) is 5.91 Å². The molecule has 0 heterocycles. The molecule has 0 fully saturated rings. The summed E-state index contributed by atoms with van der Waals surface area (Å²) in [7, 11) is 0. The van der Waals surface area contributed by atoms with Crippen LogP contribution in [-0.2, 0) is 0 Å². The summed E-state index contributed by atoms with van der Waals surface area (Å²) >= 11 is 0. The summed E-state index contributed by atoms with van der Waals surface area (Å²) in [6, 6.07) is 18.2. The number of carbonyl (C=O) groups is 1. The Morgan fingerprint density at radius 2 is 1.26 bits per heavy atom. The van der Waals surface area contributed by atoms with Crippen molar-refractivity contribution >= 4 is 5.91 Å². The third-order valence-electron chi connectivity index (χ3n) is 3.70. The number of nitrogens with zero attached hydrogens (tertiary/aromatic N) is 1. The monoisotopic (exact) mass is 309 g/mol. The van der Waals surface area contributed by atoms with E-state index in [0.717, 1.165) is 24.2 Å². The van der Waals surface area contributed by atoms with Crippen molar-refractivity contribution in [2.24, 2.45) is 11.8 Å². The van der Waals surface area contributed by atoms with Gasteiger partial charge < -0.3 is 4.90 Å². The summed E-state index contributed by atoms with van der Waals surface area (Å²) in [4.78, 5) is 14.8. The van der Waals surface area contributed by atoms with Crippen LogP contribution >= 0.6 is 0 Å². The van der Waals surface area contributed by atoms with Gasteiger partial charge in [0.15, 0.2) is 0 Å². The highest BCUT2D eigenvalue weighted by molar-refractivity contribution is 5.94. The first-order valence-corrected chi connectivity index (χ1v) is 8.42. The van der Waals surface area contributed by atoms with Crippen molar-refractivity contribution < 1.29 is 4.79 Å². The number of amides is 1. The standard InChI is InChI=1S/C21H27NO/c1-16(2)14-22(15-17(3)4)21(23)20-12-10-19(11-13-20)18-8-6-5-7-9-18/h5-13,16-17H,14-15H2,1-4H3. The maximum atomic E-state index is 12.8. The van der Waals surface area contributed by atoms with Crippen LogP contribution in [0.3, 0.4) is 0 Å². The van der Waals surface area contributed by atoms with Gasteiger partial charge in [-0.3, -0.25) is 4.79 Å². The zero-order chi connectivity index (χ0) is 16.8. The van der Waals surface area contributed by atoms with Crippen LogP contribution in [0.2, 0.25) is 0 Å². The SMILES string of the molecule is CC(C)CN(CC(C)C)C(=O)c1ccc(-c2ccccc2)cc1. The first-order valence-electron chi connectivity index (χ1n) is 8.42. The molecule has 0 aromatic heterocycles. The molecule has 2 nitrogen and oxygen atoms in total. The van der Waals surface area contributed by atoms with E-state index in [1.54, 1.807) is 0 Å². The van der Waals surface area contributed by atoms with Crippen molar-refractivity contribution in [1.82, 2.24) is 4.90 Å². The average molecular weight is 309 g/mol. The Morgan fingerprint density at radius 1 is 0.783 bits per heavy atom. The molecule has 0 unspecified atom stereocenters. The molecule has 0 radical (unpaired) electrons. The smallest absolute Gasteiger partial charge is 0.253 e. The van der Waals surface area contributed by atoms with E-state index >= 15 is 0 Å². The van der Waals surface area contributed by atoms with Gasteiger partial charge in [0.05, 0.1) is 0 Å². The molecule has 23 heavy (non-hydrogen) atoms. The van der Waals surface area contributed by atoms with Crippen LogP contribution < -0.4 is 0 Å². The quantitative estimate of drug-likeness (QED) is 0.726. The normalized spacial score (nSPS) is 11.0. The van der Waals surface area contributed by atoms with Gasteiger partial charge in [-0.15, -0.1) is 0 Å². The van der Waals surface area contributed by atoms with E-state index < -0.39 is 0 Å². The van der Waals surface area contributed by atoms with Crippen LogP contribution in [0, 0.1) is 11.8 Å². The van der Waals surface area contributed by atoms with Crippen molar-refractivity contribution in [2.75, 3.05) is 13.1 Å². The maximum Gasteiger partial charge on any atom is 0.253 e. The number of hydrogen-bond donors (Lipinski definition) is 0. The maximum absolute atomic E-state index is 12.8. The lowest BCUT2D eigenvalue weighted by molar-refractivity contribution is 0.0715. The lowest BCUT2D eigenvalue weighted by Crippen LogP contribution is -2.37. The van der Waals surface area contributed by atoms with E-state index in [0.29, 0.717) is 11.8 Å². The molecule has 0 bridgehead atoms. The van der Waals surface area contributed by atoms with E-state index in [1.807, 2.05) is 47.4 Å². The molecule has 0 aliphatic rings. The molecule has 122 valence electrons. The van der Waals surface area contributed by atoms with E-state index in [4.69, 9.17) is 0 Å². The van der Waals surface area contributed by atoms with Gasteiger partial charge in [-0.1, -0.05) is 70.2 Å². The Morgan fingerprint density at radius 3 is 1.74 bits per heavy atom. The first kappa shape index (κ1) is 17.3. The fraction of sp³-hybridized carbons (Fsp3) is 0.381. The molecule has 1 amide bonds. The van der Waals surface area contributed by atoms with Crippen molar-refractivity contribution in [3.8, 4) is 11.1 Å². The summed E-state index contributed by atoms with van der Waals surface area (Å²) in [6.45, 7) is 10.2. The Labute approximate surface area is 140 Å². The third-order valence-corrected chi connectivity index (χ3v) is 3.70. The number of carbonyl (C=O) groups excluding carboxylic acids is 1. The summed E-state index contributed by atoms with van der Waals surface area (Å²) in [6.07, 6.45) is 0. The minimum Gasteiger partial charge on any atom is -0.338 e. The van der Waals surface area contributed by atoms with E-state index in [9.17, 15) is 4.79 Å². The number of hydrogen-bond acceptors (Lipinski definition) is 1. The van der Waals surface area contributed by atoms with Crippen molar-refractivity contribution in [3.63, 3.8) is 0 Å². The highest BCUT2D eigenvalue weighted by atomic mass is 16.2. The van der Waals surface area contributed by atoms with Crippen LogP contribution in [0.25, 0.3) is 11.1 Å². The Bertz CT molecular complexity index is 604. The van der Waals surface area contributed by atoms with Gasteiger partial charge in [0.25, 0.3) is 5.91 Å². The molecule has 2 aromatic rings. The molecule has 2 aromatic carbocycles. The van der Waals surface area contributed by atoms with Gasteiger partial charge in [-0.05, 0) is 35.1 Å². The van der Waals surface area contributed by atoms with E-state index in [2.05, 4.69) is 39.8 Å². The first-order chi connectivity index (χ1) is 11.0. The zero-order valence-electron chi connectivity index (χ0n) is 14.6. The van der Waals surface area contributed by atoms with Crippen molar-refractivity contribution in [1.29, 1.82) is 0 Å². The van der Waals surface area contributed by atoms with Crippen LogP contribution in [0.4, 0.5) is 0 Å². The number of benzene rings is 2. The fourth-order valence-electron chi connectivity index (χ4n) is 2.74. The van der Waals surface area contributed by atoms with Gasteiger partial charge in [-0.2, -0.15) is 0 Å². The van der Waals surface area contributed by atoms with Gasteiger partial charge in [0, 0.05) is 18.7 Å². The largest absolute Gasteiger partial charge is 0.338 e. The van der Waals surface area contributed by atoms with Crippen LogP contribution in [-0.4, -0.2) is 23.9 Å². The summed E-state index contributed by atoms with van der Waals surface area (Å²) in [5.41, 5.74) is 3.08. The second-order valence-electron chi connectivity index (χ2n) is 6.94. The van der Waals surface area contributed by atoms with Gasteiger partial charge in [-0.25, -0.2) is 0 Å². The summed E-state index contributed by atoms with van der Waals surface area (Å²) in [5, 5.41) is 0. The average Bonchev–Trinajstić information content (AvgIpc) is 2.54. The molecule has 0 aliphatic carbocycles. The molecule has 0 saturated carbocycles. The van der Waals surface area contributed by atoms with E-state index in [1.165, 1.54) is 5.56 Å². The predicted molar refractivity (Wildman–Crippen MR) is 97.5 cm³/mol. The molecule has 0 spiro atoms. The van der Waals surface area contributed by atoms with Crippen LogP contribution in [0.5, 0.6) is 0 Å². The minimum absolute atomic E-state index is 0.131. The van der Waals surface area contributed by atoms with Crippen molar-refractivity contribution in [3.05, 3.63) is 60.2 Å². The molecule has 2 heteroatoms. The molecule has 0 saturated heterocycles. The molecular weight excluding hydrogens is 282 g/mol.